The van der Waals surface area contributed by atoms with E-state index < -0.39 is 27.8 Å². The molecule has 0 aliphatic carbocycles. The number of alkyl halides is 3. The average Bonchev–Trinajstić information content (AvgIpc) is 3.13. The van der Waals surface area contributed by atoms with E-state index in [0.717, 1.165) is 12.3 Å². The van der Waals surface area contributed by atoms with Crippen LogP contribution in [0.3, 0.4) is 0 Å². The Kier molecular flexibility index (Phi) is 4.69. The lowest BCUT2D eigenvalue weighted by Gasteiger charge is -2.18. The van der Waals surface area contributed by atoms with Gasteiger partial charge >= 0.3 is 6.18 Å². The Morgan fingerprint density at radius 2 is 2.04 bits per heavy atom. The van der Waals surface area contributed by atoms with Gasteiger partial charge < -0.3 is 9.42 Å². The molecule has 3 heterocycles. The molecular formula is C15H17F3N4O3S. The molecule has 1 unspecified atom stereocenters. The normalized spacial score (nSPS) is 18.5. The molecule has 2 aromatic heterocycles. The number of aromatic nitrogens is 2. The van der Waals surface area contributed by atoms with Crippen molar-refractivity contribution in [2.24, 2.45) is 0 Å². The molecule has 0 saturated carbocycles. The number of nitrogens with one attached hydrogen (secondary N) is 1. The maximum atomic E-state index is 12.6. The molecule has 11 heteroatoms. The van der Waals surface area contributed by atoms with Crippen LogP contribution in [0.25, 0.3) is 0 Å². The first-order valence-corrected chi connectivity index (χ1v) is 9.29. The number of hydrogen-bond acceptors (Lipinski definition) is 6. The SMILES string of the molecule is Cc1noc(C)c1S(=O)(=O)NC1CCN(c2ccc(C(F)(F)F)cn2)C1. The molecule has 26 heavy (non-hydrogen) atoms. The molecule has 2 aromatic rings. The molecule has 142 valence electrons. The van der Waals surface area contributed by atoms with Gasteiger partial charge in [-0.05, 0) is 32.4 Å². The molecule has 0 aromatic carbocycles. The number of hydrogen-bond donors (Lipinski definition) is 1. The summed E-state index contributed by atoms with van der Waals surface area (Å²) < 4.78 is 70.3. The van der Waals surface area contributed by atoms with Crippen LogP contribution in [0.1, 0.15) is 23.4 Å². The van der Waals surface area contributed by atoms with Gasteiger partial charge in [0, 0.05) is 25.3 Å². The summed E-state index contributed by atoms with van der Waals surface area (Å²) in [5, 5.41) is 3.64. The molecule has 0 spiro atoms. The van der Waals surface area contributed by atoms with E-state index in [1.807, 2.05) is 0 Å². The van der Waals surface area contributed by atoms with E-state index >= 15 is 0 Å². The van der Waals surface area contributed by atoms with Gasteiger partial charge in [-0.2, -0.15) is 13.2 Å². The van der Waals surface area contributed by atoms with Crippen molar-refractivity contribution in [1.82, 2.24) is 14.9 Å². The van der Waals surface area contributed by atoms with Crippen LogP contribution in [0.2, 0.25) is 0 Å². The highest BCUT2D eigenvalue weighted by molar-refractivity contribution is 7.89. The van der Waals surface area contributed by atoms with Crippen molar-refractivity contribution in [3.63, 3.8) is 0 Å². The smallest absolute Gasteiger partial charge is 0.360 e. The third-order valence-corrected chi connectivity index (χ3v) is 5.91. The van der Waals surface area contributed by atoms with Crippen LogP contribution < -0.4 is 9.62 Å². The summed E-state index contributed by atoms with van der Waals surface area (Å²) in [6.07, 6.45) is -3.16. The molecule has 7 nitrogen and oxygen atoms in total. The Labute approximate surface area is 148 Å². The number of anilines is 1. The van der Waals surface area contributed by atoms with Gasteiger partial charge in [-0.15, -0.1) is 0 Å². The van der Waals surface area contributed by atoms with Crippen LogP contribution in [0.15, 0.2) is 27.7 Å². The fourth-order valence-corrected chi connectivity index (χ4v) is 4.53. The highest BCUT2D eigenvalue weighted by Gasteiger charge is 2.33. The first kappa shape index (κ1) is 18.6. The number of sulfonamides is 1. The predicted molar refractivity (Wildman–Crippen MR) is 86.2 cm³/mol. The highest BCUT2D eigenvalue weighted by Crippen LogP contribution is 2.30. The van der Waals surface area contributed by atoms with E-state index in [1.165, 1.54) is 19.9 Å². The Balaban J connectivity index is 1.69. The zero-order chi connectivity index (χ0) is 19.1. The van der Waals surface area contributed by atoms with Crippen molar-refractivity contribution in [3.05, 3.63) is 35.3 Å². The Morgan fingerprint density at radius 3 is 2.58 bits per heavy atom. The van der Waals surface area contributed by atoms with E-state index in [2.05, 4.69) is 14.9 Å². The minimum absolute atomic E-state index is 0.0172. The van der Waals surface area contributed by atoms with Gasteiger partial charge in [0.15, 0.2) is 5.76 Å². The average molecular weight is 390 g/mol. The van der Waals surface area contributed by atoms with Gasteiger partial charge in [-0.3, -0.25) is 0 Å². The Bertz CT molecular complexity index is 874. The topological polar surface area (TPSA) is 88.3 Å². The largest absolute Gasteiger partial charge is 0.417 e. The van der Waals surface area contributed by atoms with E-state index in [9.17, 15) is 21.6 Å². The van der Waals surface area contributed by atoms with Gasteiger partial charge in [0.1, 0.15) is 16.4 Å². The van der Waals surface area contributed by atoms with Gasteiger partial charge in [0.2, 0.25) is 10.0 Å². The Hall–Kier alpha value is -2.14. The number of nitrogens with zero attached hydrogens (tertiary/aromatic N) is 3. The maximum absolute atomic E-state index is 12.6. The summed E-state index contributed by atoms with van der Waals surface area (Å²) in [4.78, 5) is 5.59. The summed E-state index contributed by atoms with van der Waals surface area (Å²) in [6.45, 7) is 3.84. The molecule has 1 atom stereocenters. The zero-order valence-corrected chi connectivity index (χ0v) is 14.9. The van der Waals surface area contributed by atoms with Gasteiger partial charge in [-0.1, -0.05) is 5.16 Å². The maximum Gasteiger partial charge on any atom is 0.417 e. The van der Waals surface area contributed by atoms with Gasteiger partial charge in [0.25, 0.3) is 0 Å². The lowest BCUT2D eigenvalue weighted by atomic mass is 10.3. The van der Waals surface area contributed by atoms with E-state index in [0.29, 0.717) is 25.3 Å². The summed E-state index contributed by atoms with van der Waals surface area (Å²) in [7, 11) is -3.80. The monoisotopic (exact) mass is 390 g/mol. The minimum atomic E-state index is -4.44. The van der Waals surface area contributed by atoms with E-state index in [1.54, 1.807) is 4.90 Å². The summed E-state index contributed by atoms with van der Waals surface area (Å²) in [5.74, 6) is 0.575. The van der Waals surface area contributed by atoms with Crippen molar-refractivity contribution >= 4 is 15.8 Å². The molecule has 3 rings (SSSR count). The quantitative estimate of drug-likeness (QED) is 0.862. The van der Waals surface area contributed by atoms with Gasteiger partial charge in [-0.25, -0.2) is 18.1 Å². The second-order valence-corrected chi connectivity index (χ2v) is 7.76. The Morgan fingerprint density at radius 1 is 1.31 bits per heavy atom. The standard InChI is InChI=1S/C15H17F3N4O3S/c1-9-14(10(2)25-20-9)26(23,24)21-12-5-6-22(8-12)13-4-3-11(7-19-13)15(16,17)18/h3-4,7,12,21H,5-6,8H2,1-2H3. The molecule has 1 fully saturated rings. The summed E-state index contributed by atoms with van der Waals surface area (Å²) >= 11 is 0. The van der Waals surface area contributed by atoms with Crippen molar-refractivity contribution in [2.45, 2.75) is 37.4 Å². The predicted octanol–water partition coefficient (Wildman–Crippen LogP) is 2.26. The van der Waals surface area contributed by atoms with Crippen molar-refractivity contribution in [1.29, 1.82) is 0 Å². The fourth-order valence-electron chi connectivity index (χ4n) is 2.94. The number of pyridine rings is 1. The van der Waals surface area contributed by atoms with Crippen LogP contribution in [-0.2, 0) is 16.2 Å². The van der Waals surface area contributed by atoms with Crippen LogP contribution in [0, 0.1) is 13.8 Å². The molecule has 0 amide bonds. The second kappa shape index (κ2) is 6.54. The van der Waals surface area contributed by atoms with E-state index in [-0.39, 0.29) is 16.3 Å². The van der Waals surface area contributed by atoms with Gasteiger partial charge in [0.05, 0.1) is 5.56 Å². The number of rotatable bonds is 4. The summed E-state index contributed by atoms with van der Waals surface area (Å²) in [6, 6.07) is 1.86. The summed E-state index contributed by atoms with van der Waals surface area (Å²) in [5.41, 5.74) is -0.551. The zero-order valence-electron chi connectivity index (χ0n) is 14.0. The molecular weight excluding hydrogens is 373 g/mol. The molecule has 0 bridgehead atoms. The van der Waals surface area contributed by atoms with Crippen molar-refractivity contribution < 1.29 is 26.1 Å². The van der Waals surface area contributed by atoms with E-state index in [4.69, 9.17) is 4.52 Å². The molecule has 1 N–H and O–H groups in total. The lowest BCUT2D eigenvalue weighted by Crippen LogP contribution is -2.37. The first-order chi connectivity index (χ1) is 12.1. The number of aryl methyl sites for hydroxylation is 2. The molecule has 0 radical (unpaired) electrons. The van der Waals surface area contributed by atoms with Crippen molar-refractivity contribution in [3.8, 4) is 0 Å². The van der Waals surface area contributed by atoms with Crippen LogP contribution >= 0.6 is 0 Å². The van der Waals surface area contributed by atoms with Crippen LogP contribution in [-0.4, -0.2) is 37.7 Å². The fraction of sp³-hybridized carbons (Fsp3) is 0.467. The third-order valence-electron chi connectivity index (χ3n) is 4.15. The van der Waals surface area contributed by atoms with Crippen LogP contribution in [0.5, 0.6) is 0 Å². The van der Waals surface area contributed by atoms with Crippen molar-refractivity contribution in [2.75, 3.05) is 18.0 Å². The minimum Gasteiger partial charge on any atom is -0.360 e. The number of halogens is 3. The molecule has 1 aliphatic rings. The van der Waals surface area contributed by atoms with Crippen LogP contribution in [0.4, 0.5) is 19.0 Å². The first-order valence-electron chi connectivity index (χ1n) is 7.81. The lowest BCUT2D eigenvalue weighted by molar-refractivity contribution is -0.137. The molecule has 1 aliphatic heterocycles. The third kappa shape index (κ3) is 3.68. The second-order valence-electron chi connectivity index (χ2n) is 6.11. The highest BCUT2D eigenvalue weighted by atomic mass is 32.2. The molecule has 1 saturated heterocycles.